The summed E-state index contributed by atoms with van der Waals surface area (Å²) >= 11 is 0. The summed E-state index contributed by atoms with van der Waals surface area (Å²) in [7, 11) is -2.12. The van der Waals surface area contributed by atoms with Crippen LogP contribution in [0.5, 0.6) is 5.75 Å². The summed E-state index contributed by atoms with van der Waals surface area (Å²) in [5, 5.41) is 11.9. The van der Waals surface area contributed by atoms with Gasteiger partial charge in [-0.05, 0) is 48.4 Å². The lowest BCUT2D eigenvalue weighted by atomic mass is 9.85. The van der Waals surface area contributed by atoms with Gasteiger partial charge < -0.3 is 24.6 Å². The Kier molecular flexibility index (Phi) is 10.5. The van der Waals surface area contributed by atoms with Crippen molar-refractivity contribution < 1.29 is 32.5 Å². The number of carbonyl (C=O) groups excluding carboxylic acids is 1. The molecule has 0 radical (unpaired) electrons. The number of ether oxygens (including phenoxy) is 3. The zero-order chi connectivity index (χ0) is 29.1. The molecule has 0 spiro atoms. The Morgan fingerprint density at radius 2 is 1.66 bits per heavy atom. The van der Waals surface area contributed by atoms with Gasteiger partial charge in [-0.1, -0.05) is 48.5 Å². The molecule has 3 aromatic carbocycles. The van der Waals surface area contributed by atoms with Crippen LogP contribution in [0, 0.1) is 0 Å². The maximum Gasteiger partial charge on any atom is 0.252 e. The molecule has 1 heterocycles. The van der Waals surface area contributed by atoms with Gasteiger partial charge in [0.05, 0.1) is 17.3 Å². The van der Waals surface area contributed by atoms with Crippen molar-refractivity contribution in [3.05, 3.63) is 96.1 Å². The molecule has 10 heteroatoms. The van der Waals surface area contributed by atoms with E-state index >= 15 is 0 Å². The fraction of sp³-hybridized carbons (Fsp3) is 0.355. The molecule has 218 valence electrons. The van der Waals surface area contributed by atoms with Gasteiger partial charge in [-0.2, -0.15) is 0 Å². The van der Waals surface area contributed by atoms with Crippen molar-refractivity contribution in [1.82, 2.24) is 5.32 Å². The smallest absolute Gasteiger partial charge is 0.252 e. The monoisotopic (exact) mass is 580 g/mol. The molecular weight excluding hydrogens is 544 g/mol. The molecule has 4 rings (SSSR count). The molecule has 9 nitrogen and oxygen atoms in total. The van der Waals surface area contributed by atoms with Crippen LogP contribution in [0.1, 0.15) is 36.5 Å². The molecule has 41 heavy (non-hydrogen) atoms. The number of hydrogen-bond donors (Lipinski definition) is 2. The average molecular weight is 581 g/mol. The topological polar surface area (TPSA) is 124 Å². The van der Waals surface area contributed by atoms with Crippen LogP contribution < -0.4 is 10.1 Å². The Bertz CT molecular complexity index is 1400. The van der Waals surface area contributed by atoms with Gasteiger partial charge in [-0.15, -0.1) is 0 Å². The molecule has 0 saturated carbocycles. The van der Waals surface area contributed by atoms with Crippen LogP contribution in [0.4, 0.5) is 0 Å². The standard InChI is InChI=1S/C31H36N2O7S/c1-38-21-8-19-32-30(35)31(18-23-41(36,37)27-12-6-3-7-13-27)28(24-10-4-2-5-11-24)40-29(33-31)25-14-16-26(17-15-25)39-22-9-20-34/h2-7,10-17,28,34H,8-9,18-23H2,1H3,(H,32,35)/t28-,31-/m0/s1. The van der Waals surface area contributed by atoms with Crippen molar-refractivity contribution in [3.8, 4) is 5.75 Å². The van der Waals surface area contributed by atoms with E-state index in [0.29, 0.717) is 49.5 Å². The first-order valence-electron chi connectivity index (χ1n) is 13.6. The van der Waals surface area contributed by atoms with Gasteiger partial charge in [-0.25, -0.2) is 13.4 Å². The summed E-state index contributed by atoms with van der Waals surface area (Å²) in [6, 6.07) is 24.5. The number of aliphatic imine (C=N–C) groups is 1. The molecule has 0 saturated heterocycles. The molecule has 0 aromatic heterocycles. The average Bonchev–Trinajstić information content (AvgIpc) is 3.41. The number of rotatable bonds is 15. The number of amides is 1. The number of aliphatic hydroxyl groups excluding tert-OH is 1. The quantitative estimate of drug-likeness (QED) is 0.263. The van der Waals surface area contributed by atoms with Crippen LogP contribution in [0.15, 0.2) is 94.8 Å². The normalized spacial score (nSPS) is 18.4. The second kappa shape index (κ2) is 14.2. The van der Waals surface area contributed by atoms with Crippen molar-refractivity contribution in [1.29, 1.82) is 0 Å². The molecule has 1 aliphatic rings. The third-order valence-electron chi connectivity index (χ3n) is 6.80. The first-order valence-corrected chi connectivity index (χ1v) is 15.3. The van der Waals surface area contributed by atoms with Gasteiger partial charge in [0.15, 0.2) is 21.5 Å². The van der Waals surface area contributed by atoms with E-state index < -0.39 is 27.4 Å². The van der Waals surface area contributed by atoms with Gasteiger partial charge in [0, 0.05) is 45.3 Å². The predicted molar refractivity (Wildman–Crippen MR) is 156 cm³/mol. The first-order chi connectivity index (χ1) is 19.9. The molecule has 0 unspecified atom stereocenters. The second-order valence-electron chi connectivity index (χ2n) is 9.68. The van der Waals surface area contributed by atoms with Gasteiger partial charge in [-0.3, -0.25) is 4.79 Å². The van der Waals surface area contributed by atoms with Crippen LogP contribution in [-0.2, 0) is 24.1 Å². The lowest BCUT2D eigenvalue weighted by Crippen LogP contribution is -2.49. The van der Waals surface area contributed by atoms with E-state index in [2.05, 4.69) is 5.32 Å². The van der Waals surface area contributed by atoms with Crippen LogP contribution in [0.25, 0.3) is 0 Å². The molecule has 1 amide bonds. The summed E-state index contributed by atoms with van der Waals surface area (Å²) < 4.78 is 43.8. The Labute approximate surface area is 241 Å². The Balaban J connectivity index is 1.71. The molecule has 0 bridgehead atoms. The van der Waals surface area contributed by atoms with E-state index in [1.807, 2.05) is 30.3 Å². The summed E-state index contributed by atoms with van der Waals surface area (Å²) in [6.07, 6.45) is 0.162. The first kappa shape index (κ1) is 30.2. The zero-order valence-electron chi connectivity index (χ0n) is 23.1. The minimum atomic E-state index is -3.71. The van der Waals surface area contributed by atoms with E-state index in [0.717, 1.165) is 0 Å². The summed E-state index contributed by atoms with van der Waals surface area (Å²) in [5.41, 5.74) is -0.207. The number of methoxy groups -OCH3 is 1. The highest BCUT2D eigenvalue weighted by Gasteiger charge is 2.53. The van der Waals surface area contributed by atoms with Gasteiger partial charge in [0.1, 0.15) is 5.75 Å². The third-order valence-corrected chi connectivity index (χ3v) is 8.53. The molecule has 3 aromatic rings. The Morgan fingerprint density at radius 3 is 2.32 bits per heavy atom. The number of carbonyl (C=O) groups is 1. The van der Waals surface area contributed by atoms with Crippen molar-refractivity contribution in [2.45, 2.75) is 35.8 Å². The molecule has 0 fully saturated rings. The van der Waals surface area contributed by atoms with Crippen molar-refractivity contribution in [2.24, 2.45) is 4.99 Å². The molecule has 2 N–H and O–H groups in total. The van der Waals surface area contributed by atoms with Crippen molar-refractivity contribution in [2.75, 3.05) is 39.2 Å². The maximum absolute atomic E-state index is 14.0. The fourth-order valence-corrected chi connectivity index (χ4v) is 5.99. The predicted octanol–water partition coefficient (Wildman–Crippen LogP) is 3.72. The Hall–Kier alpha value is -3.73. The number of hydrogen-bond acceptors (Lipinski definition) is 8. The number of benzene rings is 3. The van der Waals surface area contributed by atoms with E-state index in [9.17, 15) is 13.2 Å². The van der Waals surface area contributed by atoms with E-state index in [1.54, 1.807) is 61.7 Å². The molecule has 1 aliphatic heterocycles. The summed E-state index contributed by atoms with van der Waals surface area (Å²) in [5.74, 6) is 0.148. The van der Waals surface area contributed by atoms with Crippen LogP contribution in [-0.4, -0.2) is 70.1 Å². The van der Waals surface area contributed by atoms with Crippen molar-refractivity contribution in [3.63, 3.8) is 0 Å². The van der Waals surface area contributed by atoms with Crippen LogP contribution in [0.3, 0.4) is 0 Å². The maximum atomic E-state index is 14.0. The number of nitrogens with one attached hydrogen (secondary N) is 1. The van der Waals surface area contributed by atoms with Gasteiger partial charge in [0.2, 0.25) is 5.90 Å². The number of nitrogens with zero attached hydrogens (tertiary/aromatic N) is 1. The highest BCUT2D eigenvalue weighted by Crippen LogP contribution is 2.43. The lowest BCUT2D eigenvalue weighted by Gasteiger charge is -2.30. The largest absolute Gasteiger partial charge is 0.494 e. The van der Waals surface area contributed by atoms with Crippen LogP contribution >= 0.6 is 0 Å². The Morgan fingerprint density at radius 1 is 0.976 bits per heavy atom. The number of aliphatic hydroxyl groups is 1. The molecular formula is C31H36N2O7S. The molecule has 0 aliphatic carbocycles. The highest BCUT2D eigenvalue weighted by atomic mass is 32.2. The zero-order valence-corrected chi connectivity index (χ0v) is 23.9. The second-order valence-corrected chi connectivity index (χ2v) is 11.8. The van der Waals surface area contributed by atoms with E-state index in [4.69, 9.17) is 24.3 Å². The minimum absolute atomic E-state index is 0.0409. The number of sulfone groups is 1. The SMILES string of the molecule is COCCCNC(=O)[C@@]1(CCS(=O)(=O)c2ccccc2)N=C(c2ccc(OCCCO)cc2)O[C@H]1c1ccccc1. The third kappa shape index (κ3) is 7.52. The van der Waals surface area contributed by atoms with Gasteiger partial charge in [0.25, 0.3) is 5.91 Å². The summed E-state index contributed by atoms with van der Waals surface area (Å²) in [6.45, 7) is 1.23. The highest BCUT2D eigenvalue weighted by molar-refractivity contribution is 7.91. The summed E-state index contributed by atoms with van der Waals surface area (Å²) in [4.78, 5) is 19.0. The lowest BCUT2D eigenvalue weighted by molar-refractivity contribution is -0.129. The van der Waals surface area contributed by atoms with E-state index in [1.165, 1.54) is 0 Å². The fourth-order valence-electron chi connectivity index (χ4n) is 4.61. The van der Waals surface area contributed by atoms with Crippen LogP contribution in [0.2, 0.25) is 0 Å². The molecule has 2 atom stereocenters. The minimum Gasteiger partial charge on any atom is -0.494 e. The van der Waals surface area contributed by atoms with Crippen molar-refractivity contribution >= 4 is 21.6 Å². The van der Waals surface area contributed by atoms with Gasteiger partial charge >= 0.3 is 0 Å². The van der Waals surface area contributed by atoms with E-state index in [-0.39, 0.29) is 29.6 Å².